The fourth-order valence-corrected chi connectivity index (χ4v) is 3.20. The van der Waals surface area contributed by atoms with E-state index in [4.69, 9.17) is 33.0 Å². The Morgan fingerprint density at radius 1 is 1.21 bits per heavy atom. The average Bonchev–Trinajstić information content (AvgIpc) is 2.89. The van der Waals surface area contributed by atoms with Gasteiger partial charge in [-0.1, -0.05) is 41.4 Å². The molecule has 1 aliphatic rings. The summed E-state index contributed by atoms with van der Waals surface area (Å²) in [5, 5.41) is 11.3. The number of hydrogen-bond acceptors (Lipinski definition) is 4. The van der Waals surface area contributed by atoms with Crippen molar-refractivity contribution < 1.29 is 28.6 Å². The zero-order chi connectivity index (χ0) is 21.1. The zero-order valence-corrected chi connectivity index (χ0v) is 16.1. The van der Waals surface area contributed by atoms with Crippen LogP contribution in [0.3, 0.4) is 0 Å². The van der Waals surface area contributed by atoms with Crippen LogP contribution in [0.25, 0.3) is 6.08 Å². The standard InChI is InChI=1S/C19H13Cl2FN2O5/c20-12-5-10(7-15-18(27)24(8-16(25)26)19(28)23-15)6-13(21)17(12)29-9-11-3-1-2-4-14(11)22/h1-7H,8-9H2,(H,23,28)(H,25,26)/b15-7+. The maximum atomic E-state index is 13.7. The van der Waals surface area contributed by atoms with Gasteiger partial charge in [0, 0.05) is 5.56 Å². The van der Waals surface area contributed by atoms with Crippen molar-refractivity contribution in [3.05, 3.63) is 69.1 Å². The predicted molar refractivity (Wildman–Crippen MR) is 103 cm³/mol. The van der Waals surface area contributed by atoms with Crippen molar-refractivity contribution in [2.24, 2.45) is 0 Å². The average molecular weight is 439 g/mol. The summed E-state index contributed by atoms with van der Waals surface area (Å²) in [6.07, 6.45) is 1.31. The molecule has 2 aromatic carbocycles. The van der Waals surface area contributed by atoms with Crippen LogP contribution in [0.5, 0.6) is 5.75 Å². The third-order valence-electron chi connectivity index (χ3n) is 3.92. The van der Waals surface area contributed by atoms with Crippen LogP contribution in [0.15, 0.2) is 42.1 Å². The van der Waals surface area contributed by atoms with Crippen molar-refractivity contribution in [3.63, 3.8) is 0 Å². The van der Waals surface area contributed by atoms with Gasteiger partial charge in [0.05, 0.1) is 10.0 Å². The Morgan fingerprint density at radius 2 is 1.86 bits per heavy atom. The first kappa shape index (κ1) is 20.6. The Kier molecular flexibility index (Phi) is 6.05. The van der Waals surface area contributed by atoms with Crippen LogP contribution in [0.4, 0.5) is 9.18 Å². The van der Waals surface area contributed by atoms with Crippen LogP contribution in [0, 0.1) is 5.82 Å². The zero-order valence-electron chi connectivity index (χ0n) is 14.6. The number of carboxylic acids is 1. The molecule has 0 spiro atoms. The van der Waals surface area contributed by atoms with Gasteiger partial charge in [0.1, 0.15) is 24.7 Å². The highest BCUT2D eigenvalue weighted by Crippen LogP contribution is 2.35. The summed E-state index contributed by atoms with van der Waals surface area (Å²) < 4.78 is 19.2. The second-order valence-corrected chi connectivity index (χ2v) is 6.78. The molecule has 150 valence electrons. The van der Waals surface area contributed by atoms with Crippen molar-refractivity contribution in [2.45, 2.75) is 6.61 Å². The highest BCUT2D eigenvalue weighted by molar-refractivity contribution is 6.37. The number of rotatable bonds is 6. The number of ether oxygens (including phenoxy) is 1. The van der Waals surface area contributed by atoms with Gasteiger partial charge in [-0.2, -0.15) is 0 Å². The van der Waals surface area contributed by atoms with Crippen molar-refractivity contribution in [1.29, 1.82) is 0 Å². The molecule has 3 amide bonds. The van der Waals surface area contributed by atoms with E-state index in [1.54, 1.807) is 18.2 Å². The quantitative estimate of drug-likeness (QED) is 0.529. The molecule has 1 saturated heterocycles. The number of nitrogens with one attached hydrogen (secondary N) is 1. The van der Waals surface area contributed by atoms with Crippen LogP contribution in [-0.2, 0) is 16.2 Å². The first-order chi connectivity index (χ1) is 13.8. The number of carbonyl (C=O) groups excluding carboxylic acids is 2. The van der Waals surface area contributed by atoms with Gasteiger partial charge in [-0.15, -0.1) is 0 Å². The topological polar surface area (TPSA) is 95.9 Å². The molecule has 0 radical (unpaired) electrons. The SMILES string of the molecule is O=C(O)CN1C(=O)N/C(=C/c2cc(Cl)c(OCc3ccccc3F)c(Cl)c2)C1=O. The predicted octanol–water partition coefficient (Wildman–Crippen LogP) is 3.69. The monoisotopic (exact) mass is 438 g/mol. The molecule has 0 aliphatic carbocycles. The Hall–Kier alpha value is -3.10. The third-order valence-corrected chi connectivity index (χ3v) is 4.48. The van der Waals surface area contributed by atoms with Crippen LogP contribution in [-0.4, -0.2) is 34.5 Å². The van der Waals surface area contributed by atoms with Crippen LogP contribution in [0.2, 0.25) is 10.0 Å². The van der Waals surface area contributed by atoms with Crippen LogP contribution < -0.4 is 10.1 Å². The van der Waals surface area contributed by atoms with Gasteiger partial charge in [0.25, 0.3) is 5.91 Å². The number of urea groups is 1. The third kappa shape index (κ3) is 4.67. The molecule has 2 aromatic rings. The van der Waals surface area contributed by atoms with Gasteiger partial charge in [-0.05, 0) is 29.8 Å². The summed E-state index contributed by atoms with van der Waals surface area (Å²) in [6, 6.07) is 8.13. The number of nitrogens with zero attached hydrogens (tertiary/aromatic N) is 1. The van der Waals surface area contributed by atoms with Gasteiger partial charge < -0.3 is 15.2 Å². The highest BCUT2D eigenvalue weighted by atomic mass is 35.5. The Morgan fingerprint density at radius 3 is 2.48 bits per heavy atom. The lowest BCUT2D eigenvalue weighted by Crippen LogP contribution is -2.35. The summed E-state index contributed by atoms with van der Waals surface area (Å²) in [4.78, 5) is 35.2. The van der Waals surface area contributed by atoms with E-state index >= 15 is 0 Å². The minimum Gasteiger partial charge on any atom is -0.486 e. The second-order valence-electron chi connectivity index (χ2n) is 5.97. The van der Waals surface area contributed by atoms with E-state index in [9.17, 15) is 18.8 Å². The van der Waals surface area contributed by atoms with Gasteiger partial charge in [-0.3, -0.25) is 9.59 Å². The van der Waals surface area contributed by atoms with Crippen LogP contribution >= 0.6 is 23.2 Å². The number of carbonyl (C=O) groups is 3. The number of benzene rings is 2. The lowest BCUT2D eigenvalue weighted by molar-refractivity contribution is -0.140. The number of halogens is 3. The van der Waals surface area contributed by atoms with E-state index in [0.29, 0.717) is 16.0 Å². The minimum atomic E-state index is -1.32. The highest BCUT2D eigenvalue weighted by Gasteiger charge is 2.34. The fourth-order valence-electron chi connectivity index (χ4n) is 2.58. The largest absolute Gasteiger partial charge is 0.486 e. The van der Waals surface area contributed by atoms with E-state index in [0.717, 1.165) is 0 Å². The molecule has 29 heavy (non-hydrogen) atoms. The van der Waals surface area contributed by atoms with E-state index in [1.807, 2.05) is 0 Å². The van der Waals surface area contributed by atoms with E-state index in [1.165, 1.54) is 24.3 Å². The number of imide groups is 1. The second kappa shape index (κ2) is 8.50. The molecular formula is C19H13Cl2FN2O5. The normalized spacial score (nSPS) is 15.0. The smallest absolute Gasteiger partial charge is 0.329 e. The molecule has 0 bridgehead atoms. The molecule has 0 aromatic heterocycles. The van der Waals surface area contributed by atoms with Crippen molar-refractivity contribution in [1.82, 2.24) is 10.2 Å². The molecular weight excluding hydrogens is 426 g/mol. The van der Waals surface area contributed by atoms with Crippen molar-refractivity contribution >= 4 is 47.2 Å². The van der Waals surface area contributed by atoms with Crippen LogP contribution in [0.1, 0.15) is 11.1 Å². The first-order valence-electron chi connectivity index (χ1n) is 8.18. The maximum Gasteiger partial charge on any atom is 0.329 e. The minimum absolute atomic E-state index is 0.0920. The van der Waals surface area contributed by atoms with Crippen molar-refractivity contribution in [3.8, 4) is 5.75 Å². The molecule has 1 heterocycles. The Labute approximate surface area is 174 Å². The molecule has 3 rings (SSSR count). The maximum absolute atomic E-state index is 13.7. The number of hydrogen-bond donors (Lipinski definition) is 2. The number of aliphatic carboxylic acids is 1. The fraction of sp³-hybridized carbons (Fsp3) is 0.105. The van der Waals surface area contributed by atoms with Gasteiger partial charge >= 0.3 is 12.0 Å². The van der Waals surface area contributed by atoms with E-state index < -0.39 is 30.3 Å². The van der Waals surface area contributed by atoms with Gasteiger partial charge in [-0.25, -0.2) is 14.1 Å². The first-order valence-corrected chi connectivity index (χ1v) is 8.93. The Balaban J connectivity index is 1.80. The molecule has 1 aliphatic heterocycles. The lowest BCUT2D eigenvalue weighted by atomic mass is 10.1. The summed E-state index contributed by atoms with van der Waals surface area (Å²) >= 11 is 12.4. The van der Waals surface area contributed by atoms with Crippen molar-refractivity contribution in [2.75, 3.05) is 6.54 Å². The number of amides is 3. The summed E-state index contributed by atoms with van der Waals surface area (Å²) in [6.45, 7) is -0.850. The molecule has 10 heteroatoms. The number of carboxylic acid groups (broad SMARTS) is 1. The summed E-state index contributed by atoms with van der Waals surface area (Å²) in [7, 11) is 0. The van der Waals surface area contributed by atoms with E-state index in [-0.39, 0.29) is 28.1 Å². The molecule has 7 nitrogen and oxygen atoms in total. The molecule has 1 fully saturated rings. The molecule has 0 atom stereocenters. The van der Waals surface area contributed by atoms with Gasteiger partial charge in [0.2, 0.25) is 0 Å². The van der Waals surface area contributed by atoms with E-state index in [2.05, 4.69) is 5.32 Å². The summed E-state index contributed by atoms with van der Waals surface area (Å²) in [5.41, 5.74) is 0.575. The molecule has 2 N–H and O–H groups in total. The molecule has 0 unspecified atom stereocenters. The molecule has 0 saturated carbocycles. The van der Waals surface area contributed by atoms with Gasteiger partial charge in [0.15, 0.2) is 5.75 Å². The summed E-state index contributed by atoms with van der Waals surface area (Å²) in [5.74, 6) is -2.41. The Bertz CT molecular complexity index is 1020. The lowest BCUT2D eigenvalue weighted by Gasteiger charge is -2.11.